The molecule has 0 bridgehead atoms. The van der Waals surface area contributed by atoms with Gasteiger partial charge >= 0.3 is 0 Å². The van der Waals surface area contributed by atoms with Gasteiger partial charge in [-0.15, -0.1) is 0 Å². The monoisotopic (exact) mass is 263 g/mol. The van der Waals surface area contributed by atoms with Crippen molar-refractivity contribution in [2.75, 3.05) is 19.6 Å². The fraction of sp³-hybridized carbons (Fsp3) is 0.667. The third kappa shape index (κ3) is 4.80. The standard InChI is InChI=1S/C15H25N3O/c1-12(2)19-15-6-5-13(10-17-15)9-14(16)11-18-7-3-4-8-18/h5-6,10,12,14H,3-4,7-9,11,16H2,1-2H3/t14-/m0/s1. The van der Waals surface area contributed by atoms with Crippen molar-refractivity contribution in [3.63, 3.8) is 0 Å². The molecule has 4 heteroatoms. The highest BCUT2D eigenvalue weighted by atomic mass is 16.5. The molecule has 106 valence electrons. The molecule has 1 aliphatic rings. The molecule has 0 aliphatic carbocycles. The second kappa shape index (κ2) is 6.87. The number of ether oxygens (including phenoxy) is 1. The van der Waals surface area contributed by atoms with Gasteiger partial charge in [0, 0.05) is 24.8 Å². The second-order valence-corrected chi connectivity index (χ2v) is 5.64. The zero-order chi connectivity index (χ0) is 13.7. The molecular formula is C15H25N3O. The van der Waals surface area contributed by atoms with Crippen LogP contribution in [0.15, 0.2) is 18.3 Å². The largest absolute Gasteiger partial charge is 0.475 e. The Kier molecular flexibility index (Phi) is 5.16. The van der Waals surface area contributed by atoms with Crippen LogP contribution in [0.5, 0.6) is 5.88 Å². The first-order valence-electron chi connectivity index (χ1n) is 7.23. The average molecular weight is 263 g/mol. The molecule has 1 aromatic rings. The Balaban J connectivity index is 1.81. The van der Waals surface area contributed by atoms with Crippen molar-refractivity contribution in [2.24, 2.45) is 5.73 Å². The molecule has 2 rings (SSSR count). The Hall–Kier alpha value is -1.13. The molecule has 19 heavy (non-hydrogen) atoms. The zero-order valence-corrected chi connectivity index (χ0v) is 12.0. The molecule has 0 aromatic carbocycles. The quantitative estimate of drug-likeness (QED) is 0.851. The van der Waals surface area contributed by atoms with Gasteiger partial charge in [-0.2, -0.15) is 0 Å². The van der Waals surface area contributed by atoms with Gasteiger partial charge in [0.05, 0.1) is 6.10 Å². The lowest BCUT2D eigenvalue weighted by atomic mass is 10.1. The third-order valence-electron chi connectivity index (χ3n) is 3.34. The summed E-state index contributed by atoms with van der Waals surface area (Å²) in [5, 5.41) is 0. The number of hydrogen-bond acceptors (Lipinski definition) is 4. The Bertz CT molecular complexity index is 371. The van der Waals surface area contributed by atoms with E-state index >= 15 is 0 Å². The molecule has 2 heterocycles. The molecule has 1 saturated heterocycles. The minimum absolute atomic E-state index is 0.163. The van der Waals surface area contributed by atoms with E-state index in [2.05, 4.69) is 16.0 Å². The molecule has 0 saturated carbocycles. The molecule has 0 spiro atoms. The Morgan fingerprint density at radius 1 is 1.32 bits per heavy atom. The van der Waals surface area contributed by atoms with Crippen LogP contribution in [-0.4, -0.2) is 41.7 Å². The Morgan fingerprint density at radius 2 is 2.05 bits per heavy atom. The molecule has 0 amide bonds. The van der Waals surface area contributed by atoms with Crippen LogP contribution in [0.2, 0.25) is 0 Å². The lowest BCUT2D eigenvalue weighted by Gasteiger charge is -2.20. The Labute approximate surface area is 116 Å². The first-order valence-corrected chi connectivity index (χ1v) is 7.23. The molecule has 0 unspecified atom stereocenters. The average Bonchev–Trinajstić information content (AvgIpc) is 2.83. The van der Waals surface area contributed by atoms with Crippen molar-refractivity contribution in [1.82, 2.24) is 9.88 Å². The smallest absolute Gasteiger partial charge is 0.213 e. The van der Waals surface area contributed by atoms with Crippen molar-refractivity contribution >= 4 is 0 Å². The molecule has 0 radical (unpaired) electrons. The van der Waals surface area contributed by atoms with E-state index in [0.717, 1.165) is 13.0 Å². The third-order valence-corrected chi connectivity index (χ3v) is 3.34. The summed E-state index contributed by atoms with van der Waals surface area (Å²) >= 11 is 0. The second-order valence-electron chi connectivity index (χ2n) is 5.64. The maximum absolute atomic E-state index is 6.20. The topological polar surface area (TPSA) is 51.4 Å². The van der Waals surface area contributed by atoms with Crippen molar-refractivity contribution in [1.29, 1.82) is 0 Å². The number of likely N-dealkylation sites (tertiary alicyclic amines) is 1. The Morgan fingerprint density at radius 3 is 2.63 bits per heavy atom. The molecule has 2 N–H and O–H groups in total. The minimum Gasteiger partial charge on any atom is -0.475 e. The van der Waals surface area contributed by atoms with Gasteiger partial charge in [0.2, 0.25) is 5.88 Å². The van der Waals surface area contributed by atoms with Crippen LogP contribution in [0, 0.1) is 0 Å². The first-order chi connectivity index (χ1) is 9.13. The highest BCUT2D eigenvalue weighted by Crippen LogP contribution is 2.12. The van der Waals surface area contributed by atoms with Crippen LogP contribution in [-0.2, 0) is 6.42 Å². The maximum Gasteiger partial charge on any atom is 0.213 e. The molecule has 1 aliphatic heterocycles. The summed E-state index contributed by atoms with van der Waals surface area (Å²) in [6.07, 6.45) is 5.55. The predicted molar refractivity (Wildman–Crippen MR) is 77.4 cm³/mol. The van der Waals surface area contributed by atoms with Crippen LogP contribution in [0.1, 0.15) is 32.3 Å². The maximum atomic E-state index is 6.20. The molecule has 1 aromatic heterocycles. The van der Waals surface area contributed by atoms with E-state index in [9.17, 15) is 0 Å². The molecule has 4 nitrogen and oxygen atoms in total. The van der Waals surface area contributed by atoms with Crippen LogP contribution < -0.4 is 10.5 Å². The SMILES string of the molecule is CC(C)Oc1ccc(C[C@H](N)CN2CCCC2)cn1. The van der Waals surface area contributed by atoms with E-state index in [1.807, 2.05) is 26.1 Å². The lowest BCUT2D eigenvalue weighted by Crippen LogP contribution is -2.37. The zero-order valence-electron chi connectivity index (χ0n) is 12.0. The summed E-state index contributed by atoms with van der Waals surface area (Å²) in [5.74, 6) is 0.687. The number of aromatic nitrogens is 1. The van der Waals surface area contributed by atoms with Gasteiger partial charge in [-0.3, -0.25) is 0 Å². The van der Waals surface area contributed by atoms with Gasteiger partial charge < -0.3 is 15.4 Å². The fourth-order valence-electron chi connectivity index (χ4n) is 2.51. The normalized spacial score (nSPS) is 17.9. The van der Waals surface area contributed by atoms with Crippen molar-refractivity contribution in [3.05, 3.63) is 23.9 Å². The van der Waals surface area contributed by atoms with Gasteiger partial charge in [0.15, 0.2) is 0 Å². The van der Waals surface area contributed by atoms with Crippen molar-refractivity contribution in [2.45, 2.75) is 45.3 Å². The highest BCUT2D eigenvalue weighted by Gasteiger charge is 2.15. The number of rotatable bonds is 6. The fourth-order valence-corrected chi connectivity index (χ4v) is 2.51. The van der Waals surface area contributed by atoms with Crippen LogP contribution in [0.4, 0.5) is 0 Å². The highest BCUT2D eigenvalue weighted by molar-refractivity contribution is 5.18. The lowest BCUT2D eigenvalue weighted by molar-refractivity contribution is 0.232. The van der Waals surface area contributed by atoms with Crippen LogP contribution >= 0.6 is 0 Å². The van der Waals surface area contributed by atoms with Crippen molar-refractivity contribution in [3.8, 4) is 5.88 Å². The van der Waals surface area contributed by atoms with Gasteiger partial charge in [0.25, 0.3) is 0 Å². The van der Waals surface area contributed by atoms with Crippen LogP contribution in [0.25, 0.3) is 0 Å². The van der Waals surface area contributed by atoms with E-state index in [1.54, 1.807) is 0 Å². The number of nitrogens with zero attached hydrogens (tertiary/aromatic N) is 2. The minimum atomic E-state index is 0.163. The van der Waals surface area contributed by atoms with Gasteiger partial charge in [0.1, 0.15) is 0 Å². The first kappa shape index (κ1) is 14.3. The van der Waals surface area contributed by atoms with E-state index in [0.29, 0.717) is 5.88 Å². The van der Waals surface area contributed by atoms with Gasteiger partial charge in [-0.25, -0.2) is 4.98 Å². The van der Waals surface area contributed by atoms with E-state index in [4.69, 9.17) is 10.5 Å². The van der Waals surface area contributed by atoms with Crippen molar-refractivity contribution < 1.29 is 4.74 Å². The summed E-state index contributed by atoms with van der Waals surface area (Å²) in [6.45, 7) is 7.40. The predicted octanol–water partition coefficient (Wildman–Crippen LogP) is 1.83. The summed E-state index contributed by atoms with van der Waals surface area (Å²) in [7, 11) is 0. The van der Waals surface area contributed by atoms with Gasteiger partial charge in [-0.05, 0) is 51.8 Å². The van der Waals surface area contributed by atoms with E-state index < -0.39 is 0 Å². The number of hydrogen-bond donors (Lipinski definition) is 1. The molecule has 1 atom stereocenters. The summed E-state index contributed by atoms with van der Waals surface area (Å²) < 4.78 is 5.53. The number of pyridine rings is 1. The van der Waals surface area contributed by atoms with E-state index in [1.165, 1.54) is 31.5 Å². The summed E-state index contributed by atoms with van der Waals surface area (Å²) in [5.41, 5.74) is 7.39. The number of nitrogens with two attached hydrogens (primary N) is 1. The van der Waals surface area contributed by atoms with Gasteiger partial charge in [-0.1, -0.05) is 6.07 Å². The molecular weight excluding hydrogens is 238 g/mol. The summed E-state index contributed by atoms with van der Waals surface area (Å²) in [6, 6.07) is 4.18. The van der Waals surface area contributed by atoms with E-state index in [-0.39, 0.29) is 12.1 Å². The molecule has 1 fully saturated rings. The van der Waals surface area contributed by atoms with Crippen LogP contribution in [0.3, 0.4) is 0 Å². The summed E-state index contributed by atoms with van der Waals surface area (Å²) in [4.78, 5) is 6.77.